The quantitative estimate of drug-likeness (QED) is 0.153. The second-order valence-corrected chi connectivity index (χ2v) is 14.7. The van der Waals surface area contributed by atoms with E-state index in [0.717, 1.165) is 36.7 Å². The number of thiophene rings is 1. The second kappa shape index (κ2) is 17.0. The lowest BCUT2D eigenvalue weighted by Crippen LogP contribution is -2.61. The summed E-state index contributed by atoms with van der Waals surface area (Å²) in [4.78, 5) is 81.5. The maximum Gasteiger partial charge on any atom is 0.336 e. The zero-order valence-electron chi connectivity index (χ0n) is 28.1. The van der Waals surface area contributed by atoms with Crippen molar-refractivity contribution in [3.05, 3.63) is 82.9 Å². The number of thioether (sulfide) groups is 1. The average Bonchev–Trinajstić information content (AvgIpc) is 3.65. The monoisotopic (exact) mass is 768 g/mol. The number of rotatable bonds is 11. The Labute approximate surface area is 310 Å². The topological polar surface area (TPSA) is 184 Å². The Morgan fingerprint density at radius 1 is 0.846 bits per heavy atom. The van der Waals surface area contributed by atoms with Gasteiger partial charge in [0, 0.05) is 37.5 Å². The van der Waals surface area contributed by atoms with Crippen molar-refractivity contribution in [2.75, 3.05) is 11.5 Å². The van der Waals surface area contributed by atoms with Crippen LogP contribution in [0.2, 0.25) is 0 Å². The summed E-state index contributed by atoms with van der Waals surface area (Å²) < 4.78 is 28.8. The van der Waals surface area contributed by atoms with Crippen molar-refractivity contribution in [3.63, 3.8) is 0 Å². The van der Waals surface area contributed by atoms with Gasteiger partial charge in [-0.3, -0.25) is 28.9 Å². The highest BCUT2D eigenvalue weighted by atomic mass is 32.2. The summed E-state index contributed by atoms with van der Waals surface area (Å²) in [5.41, 5.74) is -0.544. The third-order valence-corrected chi connectivity index (χ3v) is 10.6. The maximum absolute atomic E-state index is 14.0. The first-order chi connectivity index (χ1) is 24.8. The molecule has 3 aromatic rings. The summed E-state index contributed by atoms with van der Waals surface area (Å²) in [6.07, 6.45) is -3.71. The van der Waals surface area contributed by atoms with Gasteiger partial charge in [-0.15, -0.1) is 11.3 Å². The Hall–Kier alpha value is -4.97. The molecule has 3 heterocycles. The van der Waals surface area contributed by atoms with Crippen LogP contribution in [0.4, 0.5) is 5.69 Å². The SMILES string of the molecule is CC(=O)OC[C@H]1O[C@@H](SC2=N/C(=C/c3ccc(Sc4ccccc4C(=O)O)s3)C(=O)N2c2ccccc2)[C@H](OC(C)=O)[C@@H](OC(C)=O)[C@@H]1OC(C)=O. The molecular weight excluding hydrogens is 737 g/mol. The predicted molar refractivity (Wildman–Crippen MR) is 191 cm³/mol. The van der Waals surface area contributed by atoms with E-state index in [9.17, 15) is 33.9 Å². The van der Waals surface area contributed by atoms with Crippen LogP contribution in [0, 0.1) is 0 Å². The highest BCUT2D eigenvalue weighted by Crippen LogP contribution is 2.40. The number of nitrogens with zero attached hydrogens (tertiary/aromatic N) is 2. The van der Waals surface area contributed by atoms with Crippen molar-refractivity contribution >= 4 is 87.5 Å². The molecular formula is C35H32N2O12S3. The minimum Gasteiger partial charge on any atom is -0.478 e. The smallest absolute Gasteiger partial charge is 0.336 e. The Morgan fingerprint density at radius 2 is 1.48 bits per heavy atom. The number of carbonyl (C=O) groups is 6. The van der Waals surface area contributed by atoms with E-state index in [1.165, 1.54) is 41.0 Å². The van der Waals surface area contributed by atoms with Gasteiger partial charge in [0.2, 0.25) is 0 Å². The number of amides is 1. The predicted octanol–water partition coefficient (Wildman–Crippen LogP) is 5.16. The van der Waals surface area contributed by atoms with Gasteiger partial charge >= 0.3 is 29.8 Å². The van der Waals surface area contributed by atoms with Crippen molar-refractivity contribution in [3.8, 4) is 0 Å². The largest absolute Gasteiger partial charge is 0.478 e. The fourth-order valence-corrected chi connectivity index (χ4v) is 8.57. The lowest BCUT2D eigenvalue weighted by molar-refractivity contribution is -0.237. The van der Waals surface area contributed by atoms with Crippen LogP contribution >= 0.6 is 34.9 Å². The molecule has 272 valence electrons. The minimum atomic E-state index is -1.40. The van der Waals surface area contributed by atoms with Crippen LogP contribution < -0.4 is 4.90 Å². The summed E-state index contributed by atoms with van der Waals surface area (Å²) in [5, 5.41) is 9.69. The Balaban J connectivity index is 1.52. The average molecular weight is 769 g/mol. The van der Waals surface area contributed by atoms with E-state index >= 15 is 0 Å². The molecule has 5 atom stereocenters. The van der Waals surface area contributed by atoms with Crippen molar-refractivity contribution in [2.24, 2.45) is 4.99 Å². The Kier molecular flexibility index (Phi) is 12.5. The molecule has 0 spiro atoms. The second-order valence-electron chi connectivity index (χ2n) is 11.1. The number of ether oxygens (including phenoxy) is 5. The fourth-order valence-electron chi connectivity index (χ4n) is 5.21. The van der Waals surface area contributed by atoms with E-state index in [4.69, 9.17) is 23.7 Å². The first kappa shape index (κ1) is 38.3. The molecule has 0 bridgehead atoms. The minimum absolute atomic E-state index is 0.0568. The standard InChI is InChI=1S/C35H32N2O12S3/c1-18(38)45-17-26-29(46-19(2)39)30(47-20(3)40)31(48-21(4)41)34(49-26)52-35-36-25(32(42)37(35)22-10-6-5-7-11-22)16-23-14-15-28(50-23)51-27-13-9-8-12-24(27)33(43)44/h5-16,26,29-31,34H,17H2,1-4H3,(H,43,44)/b25-16+/t26-,29-,30+,31-,34+/m1/s1. The molecule has 17 heteroatoms. The molecule has 2 aliphatic rings. The number of benzene rings is 2. The molecule has 1 saturated heterocycles. The number of hydrogen-bond acceptors (Lipinski definition) is 15. The van der Waals surface area contributed by atoms with Gasteiger partial charge in [0.25, 0.3) is 5.91 Å². The zero-order valence-corrected chi connectivity index (χ0v) is 30.5. The number of aromatic carboxylic acids is 1. The molecule has 0 aliphatic carbocycles. The molecule has 0 unspecified atom stereocenters. The van der Waals surface area contributed by atoms with Crippen LogP contribution in [-0.4, -0.2) is 82.5 Å². The van der Waals surface area contributed by atoms with E-state index in [1.54, 1.807) is 60.7 Å². The lowest BCUT2D eigenvalue weighted by atomic mass is 9.99. The Morgan fingerprint density at radius 3 is 2.13 bits per heavy atom. The number of esters is 4. The summed E-state index contributed by atoms with van der Waals surface area (Å²) in [5.74, 6) is -4.49. The number of amidine groups is 1. The molecule has 52 heavy (non-hydrogen) atoms. The van der Waals surface area contributed by atoms with Crippen LogP contribution in [0.25, 0.3) is 6.08 Å². The first-order valence-corrected chi connectivity index (χ1v) is 18.1. The molecule has 14 nitrogen and oxygen atoms in total. The number of anilines is 1. The number of hydrogen-bond donors (Lipinski definition) is 1. The molecule has 5 rings (SSSR count). The van der Waals surface area contributed by atoms with Crippen molar-refractivity contribution in [2.45, 2.75) is 66.7 Å². The van der Waals surface area contributed by atoms with Gasteiger partial charge in [0.05, 0.1) is 15.5 Å². The molecule has 1 N–H and O–H groups in total. The first-order valence-electron chi connectivity index (χ1n) is 15.6. The number of para-hydroxylation sites is 1. The van der Waals surface area contributed by atoms with Crippen LogP contribution in [0.5, 0.6) is 0 Å². The van der Waals surface area contributed by atoms with Gasteiger partial charge in [-0.2, -0.15) is 0 Å². The van der Waals surface area contributed by atoms with Gasteiger partial charge < -0.3 is 28.8 Å². The summed E-state index contributed by atoms with van der Waals surface area (Å²) in [7, 11) is 0. The molecule has 1 fully saturated rings. The molecule has 2 aliphatic heterocycles. The van der Waals surface area contributed by atoms with Crippen LogP contribution in [-0.2, 0) is 47.7 Å². The lowest BCUT2D eigenvalue weighted by Gasteiger charge is -2.44. The molecule has 2 aromatic carbocycles. The van der Waals surface area contributed by atoms with Crippen LogP contribution in [0.15, 0.2) is 86.5 Å². The van der Waals surface area contributed by atoms with E-state index < -0.39 is 72.2 Å². The van der Waals surface area contributed by atoms with Crippen molar-refractivity contribution < 1.29 is 57.6 Å². The highest BCUT2D eigenvalue weighted by Gasteiger charge is 2.53. The van der Waals surface area contributed by atoms with Crippen LogP contribution in [0.3, 0.4) is 0 Å². The van der Waals surface area contributed by atoms with E-state index in [-0.39, 0.29) is 16.4 Å². The van der Waals surface area contributed by atoms with Crippen molar-refractivity contribution in [1.29, 1.82) is 0 Å². The number of carbonyl (C=O) groups excluding carboxylic acids is 5. The number of carboxylic acids is 1. The van der Waals surface area contributed by atoms with E-state index in [0.29, 0.717) is 15.5 Å². The fraction of sp³-hybridized carbons (Fsp3) is 0.286. The summed E-state index contributed by atoms with van der Waals surface area (Å²) in [6, 6.07) is 18.9. The summed E-state index contributed by atoms with van der Waals surface area (Å²) >= 11 is 3.50. The molecule has 0 saturated carbocycles. The third-order valence-electron chi connectivity index (χ3n) is 7.22. The van der Waals surface area contributed by atoms with Gasteiger partial charge in [0.15, 0.2) is 28.9 Å². The maximum atomic E-state index is 14.0. The zero-order chi connectivity index (χ0) is 37.5. The molecule has 1 aromatic heterocycles. The van der Waals surface area contributed by atoms with Crippen molar-refractivity contribution in [1.82, 2.24) is 0 Å². The molecule has 1 amide bonds. The summed E-state index contributed by atoms with van der Waals surface area (Å²) in [6.45, 7) is 4.16. The van der Waals surface area contributed by atoms with Gasteiger partial charge in [-0.05, 0) is 42.5 Å². The Bertz CT molecular complexity index is 1930. The van der Waals surface area contributed by atoms with Gasteiger partial charge in [-0.25, -0.2) is 9.79 Å². The van der Waals surface area contributed by atoms with E-state index in [1.807, 2.05) is 6.07 Å². The molecule has 0 radical (unpaired) electrons. The van der Waals surface area contributed by atoms with Crippen LogP contribution in [0.1, 0.15) is 42.9 Å². The normalized spacial score (nSPS) is 22.0. The van der Waals surface area contributed by atoms with Gasteiger partial charge in [0.1, 0.15) is 18.4 Å². The van der Waals surface area contributed by atoms with E-state index in [2.05, 4.69) is 4.99 Å². The highest BCUT2D eigenvalue weighted by molar-refractivity contribution is 8.14. The third kappa shape index (κ3) is 9.47. The van der Waals surface area contributed by atoms with Gasteiger partial charge in [-0.1, -0.05) is 53.9 Å². The number of carboxylic acid groups (broad SMARTS) is 1. The number of aliphatic imine (C=N–C) groups is 1.